The number of fused-ring (bicyclic) bond motifs is 1. The predicted molar refractivity (Wildman–Crippen MR) is 125 cm³/mol. The maximum Gasteiger partial charge on any atom is 0.296 e. The summed E-state index contributed by atoms with van der Waals surface area (Å²) in [4.78, 5) is 32.3. The lowest BCUT2D eigenvalue weighted by atomic mass is 9.97. The van der Waals surface area contributed by atoms with Gasteiger partial charge in [-0.05, 0) is 59.6 Å². The van der Waals surface area contributed by atoms with Crippen LogP contribution >= 0.6 is 22.7 Å². The summed E-state index contributed by atoms with van der Waals surface area (Å²) in [5.41, 5.74) is 1.05. The second-order valence-electron chi connectivity index (χ2n) is 7.53. The molecular weight excluding hydrogens is 484 g/mol. The number of ketones is 1. The van der Waals surface area contributed by atoms with Crippen molar-refractivity contribution < 1.29 is 27.5 Å². The van der Waals surface area contributed by atoms with E-state index in [1.807, 2.05) is 5.38 Å². The van der Waals surface area contributed by atoms with E-state index in [9.17, 15) is 23.1 Å². The number of benzene rings is 1. The first-order chi connectivity index (χ1) is 15.6. The van der Waals surface area contributed by atoms with Gasteiger partial charge in [-0.15, -0.1) is 0 Å². The normalized spacial score (nSPS) is 16.8. The number of aromatic nitrogens is 1. The molecule has 33 heavy (non-hydrogen) atoms. The van der Waals surface area contributed by atoms with Crippen LogP contribution in [0.25, 0.3) is 10.2 Å². The molecule has 0 radical (unpaired) electrons. The van der Waals surface area contributed by atoms with Gasteiger partial charge in [0.1, 0.15) is 5.76 Å². The zero-order chi connectivity index (χ0) is 23.5. The molecule has 4 heterocycles. The van der Waals surface area contributed by atoms with Gasteiger partial charge in [0, 0.05) is 6.26 Å². The van der Waals surface area contributed by atoms with Crippen LogP contribution in [0.4, 0.5) is 5.13 Å². The number of carbonyl (C=O) groups excluding carboxylic acids is 2. The molecule has 0 bridgehead atoms. The molecule has 1 unspecified atom stereocenters. The summed E-state index contributed by atoms with van der Waals surface area (Å²) in [6.45, 7) is 1.69. The number of aryl methyl sites for hydroxylation is 1. The number of anilines is 1. The van der Waals surface area contributed by atoms with E-state index in [2.05, 4.69) is 4.98 Å². The SMILES string of the molecule is Cc1ccc(C(=O)C2=C(O)C(=O)N(c3nc4ccc(S(C)(=O)=O)cc4s3)C2c2ccsc2)o1. The lowest BCUT2D eigenvalue weighted by Gasteiger charge is -2.23. The highest BCUT2D eigenvalue weighted by Crippen LogP contribution is 2.44. The van der Waals surface area contributed by atoms with Gasteiger partial charge in [-0.3, -0.25) is 14.5 Å². The maximum atomic E-state index is 13.3. The van der Waals surface area contributed by atoms with Crippen molar-refractivity contribution in [1.82, 2.24) is 4.98 Å². The summed E-state index contributed by atoms with van der Waals surface area (Å²) in [5.74, 6) is -1.47. The Kier molecular flexibility index (Phi) is 5.00. The van der Waals surface area contributed by atoms with Crippen LogP contribution in [0.5, 0.6) is 0 Å². The number of nitrogens with zero attached hydrogens (tertiary/aromatic N) is 2. The van der Waals surface area contributed by atoms with Crippen molar-refractivity contribution in [3.63, 3.8) is 0 Å². The number of hydrogen-bond acceptors (Lipinski definition) is 9. The van der Waals surface area contributed by atoms with Crippen molar-refractivity contribution in [1.29, 1.82) is 0 Å². The molecule has 8 nitrogen and oxygen atoms in total. The zero-order valence-corrected chi connectivity index (χ0v) is 19.8. The smallest absolute Gasteiger partial charge is 0.296 e. The van der Waals surface area contributed by atoms with Gasteiger partial charge in [-0.25, -0.2) is 13.4 Å². The molecule has 0 aliphatic carbocycles. The number of thiazole rings is 1. The first-order valence-electron chi connectivity index (χ1n) is 9.65. The fourth-order valence-electron chi connectivity index (χ4n) is 3.70. The van der Waals surface area contributed by atoms with E-state index < -0.39 is 33.3 Å². The van der Waals surface area contributed by atoms with Crippen LogP contribution in [0.1, 0.15) is 27.9 Å². The summed E-state index contributed by atoms with van der Waals surface area (Å²) >= 11 is 2.49. The van der Waals surface area contributed by atoms with E-state index in [4.69, 9.17) is 4.42 Å². The highest BCUT2D eigenvalue weighted by molar-refractivity contribution is 7.90. The molecule has 1 aliphatic rings. The molecule has 1 aliphatic heterocycles. The lowest BCUT2D eigenvalue weighted by molar-refractivity contribution is -0.117. The van der Waals surface area contributed by atoms with Crippen LogP contribution in [0.2, 0.25) is 0 Å². The van der Waals surface area contributed by atoms with Crippen LogP contribution in [-0.4, -0.2) is 36.5 Å². The molecule has 5 rings (SSSR count). The van der Waals surface area contributed by atoms with E-state index in [1.165, 1.54) is 34.4 Å². The summed E-state index contributed by atoms with van der Waals surface area (Å²) in [6.07, 6.45) is 1.11. The van der Waals surface area contributed by atoms with E-state index >= 15 is 0 Å². The standard InChI is InChI=1S/C22H16N2O6S3/c1-11-3-6-15(30-11)19(25)17-18(12-7-8-31-10-12)24(21(27)20(17)26)22-23-14-5-4-13(33(2,28)29)9-16(14)32-22/h3-10,18,26H,1-2H3. The van der Waals surface area contributed by atoms with Crippen LogP contribution in [0.3, 0.4) is 0 Å². The molecule has 3 aromatic heterocycles. The largest absolute Gasteiger partial charge is 0.503 e. The maximum absolute atomic E-state index is 13.3. The minimum atomic E-state index is -3.42. The van der Waals surface area contributed by atoms with E-state index in [0.717, 1.165) is 17.6 Å². The quantitative estimate of drug-likeness (QED) is 0.402. The second kappa shape index (κ2) is 7.65. The zero-order valence-electron chi connectivity index (χ0n) is 17.3. The fourth-order valence-corrected chi connectivity index (χ4v) is 6.13. The topological polar surface area (TPSA) is 118 Å². The van der Waals surface area contributed by atoms with Gasteiger partial charge in [0.25, 0.3) is 5.91 Å². The van der Waals surface area contributed by atoms with Gasteiger partial charge in [0.2, 0.25) is 5.78 Å². The minimum Gasteiger partial charge on any atom is -0.503 e. The number of amides is 1. The Labute approximate surface area is 196 Å². The van der Waals surface area contributed by atoms with Crippen molar-refractivity contribution >= 4 is 59.5 Å². The Balaban J connectivity index is 1.64. The third-order valence-corrected chi connectivity index (χ3v) is 8.09. The van der Waals surface area contributed by atoms with Crippen LogP contribution in [-0.2, 0) is 14.6 Å². The van der Waals surface area contributed by atoms with Gasteiger partial charge in [0.15, 0.2) is 26.5 Å². The molecule has 0 saturated carbocycles. The van der Waals surface area contributed by atoms with Crippen molar-refractivity contribution in [3.05, 3.63) is 75.6 Å². The highest BCUT2D eigenvalue weighted by Gasteiger charge is 2.46. The number of hydrogen-bond donors (Lipinski definition) is 1. The average molecular weight is 501 g/mol. The molecule has 168 valence electrons. The summed E-state index contributed by atoms with van der Waals surface area (Å²) in [6, 6.07) is 8.51. The Bertz CT molecular complexity index is 1560. The molecule has 1 amide bonds. The molecular formula is C22H16N2O6S3. The number of Topliss-reactive ketones (excluding diaryl/α,β-unsaturated/α-hetero) is 1. The van der Waals surface area contributed by atoms with Gasteiger partial charge < -0.3 is 9.52 Å². The predicted octanol–water partition coefficient (Wildman–Crippen LogP) is 4.45. The van der Waals surface area contributed by atoms with Gasteiger partial charge in [-0.2, -0.15) is 11.3 Å². The van der Waals surface area contributed by atoms with E-state index in [0.29, 0.717) is 21.5 Å². The van der Waals surface area contributed by atoms with Gasteiger partial charge in [0.05, 0.1) is 26.7 Å². The summed E-state index contributed by atoms with van der Waals surface area (Å²) in [5, 5.41) is 14.6. The first kappa shape index (κ1) is 21.6. The Morgan fingerprint density at radius 3 is 2.64 bits per heavy atom. The third-order valence-electron chi connectivity index (χ3n) is 5.26. The summed E-state index contributed by atoms with van der Waals surface area (Å²) in [7, 11) is -3.42. The molecule has 4 aromatic rings. The fraction of sp³-hybridized carbons (Fsp3) is 0.136. The van der Waals surface area contributed by atoms with E-state index in [1.54, 1.807) is 30.5 Å². The number of aliphatic hydroxyl groups excluding tert-OH is 1. The van der Waals surface area contributed by atoms with E-state index in [-0.39, 0.29) is 21.4 Å². The average Bonchev–Trinajstić information content (AvgIpc) is 3.53. The molecule has 0 spiro atoms. The van der Waals surface area contributed by atoms with Crippen LogP contribution in [0.15, 0.2) is 67.8 Å². The molecule has 1 atom stereocenters. The molecule has 0 saturated heterocycles. The minimum absolute atomic E-state index is 0.0195. The second-order valence-corrected chi connectivity index (χ2v) is 11.3. The Hall–Kier alpha value is -3.28. The Morgan fingerprint density at radius 1 is 1.21 bits per heavy atom. The molecule has 1 N–H and O–H groups in total. The van der Waals surface area contributed by atoms with Crippen LogP contribution < -0.4 is 4.90 Å². The van der Waals surface area contributed by atoms with Crippen LogP contribution in [0, 0.1) is 6.92 Å². The van der Waals surface area contributed by atoms with Crippen molar-refractivity contribution in [2.24, 2.45) is 0 Å². The highest BCUT2D eigenvalue weighted by atomic mass is 32.2. The number of carbonyl (C=O) groups is 2. The van der Waals surface area contributed by atoms with Gasteiger partial charge >= 0.3 is 0 Å². The van der Waals surface area contributed by atoms with Crippen molar-refractivity contribution in [2.45, 2.75) is 17.9 Å². The first-order valence-corrected chi connectivity index (χ1v) is 13.3. The Morgan fingerprint density at radius 2 is 2.00 bits per heavy atom. The lowest BCUT2D eigenvalue weighted by Crippen LogP contribution is -2.30. The molecule has 1 aromatic carbocycles. The van der Waals surface area contributed by atoms with Crippen molar-refractivity contribution in [3.8, 4) is 0 Å². The molecule has 11 heteroatoms. The summed E-state index contributed by atoms with van der Waals surface area (Å²) < 4.78 is 29.9. The number of sulfone groups is 1. The van der Waals surface area contributed by atoms with Crippen molar-refractivity contribution in [2.75, 3.05) is 11.2 Å². The monoisotopic (exact) mass is 500 g/mol. The molecule has 0 fully saturated rings. The number of aliphatic hydroxyl groups is 1. The number of furan rings is 1. The third kappa shape index (κ3) is 3.58. The number of thiophene rings is 1. The van der Waals surface area contributed by atoms with Gasteiger partial charge in [-0.1, -0.05) is 11.3 Å². The number of rotatable bonds is 5.